The lowest BCUT2D eigenvalue weighted by molar-refractivity contribution is 0.508. The normalized spacial score (nSPS) is 11.3. The topological polar surface area (TPSA) is 36.7 Å². The van der Waals surface area contributed by atoms with Crippen LogP contribution in [-0.4, -0.2) is 4.98 Å². The molecule has 0 amide bonds. The van der Waals surface area contributed by atoms with Gasteiger partial charge >= 0.3 is 0 Å². The van der Waals surface area contributed by atoms with Crippen LogP contribution in [0.15, 0.2) is 23.6 Å². The molecule has 0 radical (unpaired) electrons. The van der Waals surface area contributed by atoms with Crippen molar-refractivity contribution in [2.24, 2.45) is 0 Å². The third-order valence-electron chi connectivity index (χ3n) is 2.22. The predicted molar refractivity (Wildman–Crippen MR) is 66.7 cm³/mol. The molecule has 1 heterocycles. The van der Waals surface area contributed by atoms with Crippen molar-refractivity contribution in [1.82, 2.24) is 4.98 Å². The Morgan fingerprint density at radius 2 is 2.17 bits per heavy atom. The number of nitrogens with zero attached hydrogens (tertiary/aromatic N) is 2. The molecule has 0 aliphatic rings. The minimum Gasteiger partial charge on any atom is -0.241 e. The second-order valence-electron chi connectivity index (χ2n) is 3.64. The van der Waals surface area contributed by atoms with Gasteiger partial charge in [0.1, 0.15) is 11.1 Å². The number of rotatable bonds is 2. The molecule has 0 bridgehead atoms. The first-order valence-electron chi connectivity index (χ1n) is 5.09. The van der Waals surface area contributed by atoms with E-state index in [4.69, 9.17) is 5.26 Å². The van der Waals surface area contributed by atoms with Crippen molar-refractivity contribution >= 4 is 23.0 Å². The van der Waals surface area contributed by atoms with Gasteiger partial charge in [0.05, 0.1) is 5.57 Å². The van der Waals surface area contributed by atoms with Crippen molar-refractivity contribution in [2.45, 2.75) is 6.92 Å². The molecule has 5 heteroatoms. The van der Waals surface area contributed by atoms with Gasteiger partial charge in [-0.2, -0.15) is 5.26 Å². The van der Waals surface area contributed by atoms with Crippen molar-refractivity contribution < 1.29 is 8.78 Å². The Bertz CT molecular complexity index is 653. The number of aryl methyl sites for hydroxylation is 1. The molecule has 1 aromatic heterocycles. The van der Waals surface area contributed by atoms with Gasteiger partial charge < -0.3 is 0 Å². The van der Waals surface area contributed by atoms with Crippen molar-refractivity contribution in [3.05, 3.63) is 51.5 Å². The second kappa shape index (κ2) is 5.07. The summed E-state index contributed by atoms with van der Waals surface area (Å²) < 4.78 is 25.8. The Balaban J connectivity index is 2.41. The Morgan fingerprint density at radius 3 is 2.72 bits per heavy atom. The van der Waals surface area contributed by atoms with Crippen LogP contribution in [0.3, 0.4) is 0 Å². The summed E-state index contributed by atoms with van der Waals surface area (Å²) in [6, 6.07) is 5.50. The Morgan fingerprint density at radius 1 is 1.39 bits per heavy atom. The van der Waals surface area contributed by atoms with Gasteiger partial charge in [-0.05, 0) is 30.7 Å². The van der Waals surface area contributed by atoms with Gasteiger partial charge in [0.15, 0.2) is 11.6 Å². The Labute approximate surface area is 107 Å². The maximum absolute atomic E-state index is 13.0. The maximum atomic E-state index is 13.0. The molecule has 0 spiro atoms. The number of halogens is 2. The molecule has 1 aromatic carbocycles. The van der Waals surface area contributed by atoms with Crippen molar-refractivity contribution in [2.75, 3.05) is 0 Å². The van der Waals surface area contributed by atoms with Crippen molar-refractivity contribution in [1.29, 1.82) is 5.26 Å². The van der Waals surface area contributed by atoms with Gasteiger partial charge in [0.25, 0.3) is 0 Å². The number of aromatic nitrogens is 1. The summed E-state index contributed by atoms with van der Waals surface area (Å²) >= 11 is 1.34. The van der Waals surface area contributed by atoms with Crippen LogP contribution in [0, 0.1) is 29.9 Å². The van der Waals surface area contributed by atoms with Gasteiger partial charge in [-0.3, -0.25) is 0 Å². The average molecular weight is 262 g/mol. The van der Waals surface area contributed by atoms with Crippen LogP contribution in [0.4, 0.5) is 8.78 Å². The molecule has 0 N–H and O–H groups in total. The molecule has 2 aromatic rings. The molecule has 0 saturated carbocycles. The van der Waals surface area contributed by atoms with E-state index in [1.165, 1.54) is 23.5 Å². The third-order valence-corrected chi connectivity index (χ3v) is 3.22. The zero-order chi connectivity index (χ0) is 13.1. The number of thiazole rings is 1. The summed E-state index contributed by atoms with van der Waals surface area (Å²) in [7, 11) is 0. The third kappa shape index (κ3) is 2.60. The van der Waals surface area contributed by atoms with Crippen LogP contribution in [0.1, 0.15) is 16.3 Å². The first-order chi connectivity index (χ1) is 8.60. The zero-order valence-corrected chi connectivity index (χ0v) is 10.3. The minimum absolute atomic E-state index is 0.333. The van der Waals surface area contributed by atoms with Gasteiger partial charge in [-0.15, -0.1) is 11.3 Å². The largest absolute Gasteiger partial charge is 0.241 e. The number of hydrogen-bond donors (Lipinski definition) is 0. The maximum Gasteiger partial charge on any atom is 0.159 e. The smallest absolute Gasteiger partial charge is 0.159 e. The molecule has 0 fully saturated rings. The fourth-order valence-corrected chi connectivity index (χ4v) is 2.15. The summed E-state index contributed by atoms with van der Waals surface area (Å²) in [6.07, 6.45) is 1.49. The highest BCUT2D eigenvalue weighted by Crippen LogP contribution is 2.22. The lowest BCUT2D eigenvalue weighted by Gasteiger charge is -1.97. The van der Waals surface area contributed by atoms with Gasteiger partial charge in [-0.1, -0.05) is 6.07 Å². The van der Waals surface area contributed by atoms with Crippen LogP contribution in [-0.2, 0) is 0 Å². The standard InChI is InChI=1S/C13H8F2N2S/c1-8-7-18-13(17-8)10(6-16)4-9-2-3-11(14)12(15)5-9/h2-5,7H,1H3. The van der Waals surface area contributed by atoms with Gasteiger partial charge in [0.2, 0.25) is 0 Å². The van der Waals surface area contributed by atoms with E-state index in [2.05, 4.69) is 4.98 Å². The number of benzene rings is 1. The summed E-state index contributed by atoms with van der Waals surface area (Å²) in [6.45, 7) is 1.83. The fraction of sp³-hybridized carbons (Fsp3) is 0.0769. The fourth-order valence-electron chi connectivity index (χ4n) is 1.39. The first kappa shape index (κ1) is 12.4. The molecule has 0 aliphatic carbocycles. The van der Waals surface area contributed by atoms with Crippen LogP contribution >= 0.6 is 11.3 Å². The van der Waals surface area contributed by atoms with Gasteiger partial charge in [0, 0.05) is 11.1 Å². The first-order valence-corrected chi connectivity index (χ1v) is 5.97. The highest BCUT2D eigenvalue weighted by atomic mass is 32.1. The molecule has 0 saturated heterocycles. The molecule has 2 rings (SSSR count). The van der Waals surface area contributed by atoms with E-state index in [0.717, 1.165) is 17.8 Å². The Hall–Kier alpha value is -2.06. The molecule has 0 atom stereocenters. The molecular formula is C13H8F2N2S. The lowest BCUT2D eigenvalue weighted by Crippen LogP contribution is -1.86. The van der Waals surface area contributed by atoms with E-state index < -0.39 is 11.6 Å². The van der Waals surface area contributed by atoms with Crippen molar-refractivity contribution in [3.8, 4) is 6.07 Å². The predicted octanol–water partition coefficient (Wildman–Crippen LogP) is 3.79. The minimum atomic E-state index is -0.934. The van der Waals surface area contributed by atoms with Crippen LogP contribution in [0.2, 0.25) is 0 Å². The number of allylic oxidation sites excluding steroid dienone is 1. The van der Waals surface area contributed by atoms with Crippen molar-refractivity contribution in [3.63, 3.8) is 0 Å². The molecule has 18 heavy (non-hydrogen) atoms. The number of hydrogen-bond acceptors (Lipinski definition) is 3. The summed E-state index contributed by atoms with van der Waals surface area (Å²) in [5.41, 5.74) is 1.58. The van der Waals surface area contributed by atoms with E-state index in [1.807, 2.05) is 18.4 Å². The average Bonchev–Trinajstić information content (AvgIpc) is 2.77. The summed E-state index contributed by atoms with van der Waals surface area (Å²) in [4.78, 5) is 4.18. The highest BCUT2D eigenvalue weighted by molar-refractivity contribution is 7.11. The quantitative estimate of drug-likeness (QED) is 0.772. The van der Waals surface area contributed by atoms with Crippen LogP contribution in [0.25, 0.3) is 11.6 Å². The summed E-state index contributed by atoms with van der Waals surface area (Å²) in [5, 5.41) is 11.4. The molecule has 90 valence electrons. The van der Waals surface area contributed by atoms with Crippen LogP contribution in [0.5, 0.6) is 0 Å². The number of nitriles is 1. The van der Waals surface area contributed by atoms with Gasteiger partial charge in [-0.25, -0.2) is 13.8 Å². The van der Waals surface area contributed by atoms with E-state index in [1.54, 1.807) is 0 Å². The van der Waals surface area contributed by atoms with E-state index in [0.29, 0.717) is 16.1 Å². The second-order valence-corrected chi connectivity index (χ2v) is 4.50. The Kier molecular flexibility index (Phi) is 3.49. The molecule has 0 unspecified atom stereocenters. The zero-order valence-electron chi connectivity index (χ0n) is 9.45. The van der Waals surface area contributed by atoms with E-state index >= 15 is 0 Å². The molecule has 0 aliphatic heterocycles. The highest BCUT2D eigenvalue weighted by Gasteiger charge is 2.07. The van der Waals surface area contributed by atoms with E-state index in [9.17, 15) is 8.78 Å². The SMILES string of the molecule is Cc1csc(C(C#N)=Cc2ccc(F)c(F)c2)n1. The molecular weight excluding hydrogens is 254 g/mol. The monoisotopic (exact) mass is 262 g/mol. The van der Waals surface area contributed by atoms with E-state index in [-0.39, 0.29) is 0 Å². The molecule has 2 nitrogen and oxygen atoms in total. The van der Waals surface area contributed by atoms with Crippen LogP contribution < -0.4 is 0 Å². The lowest BCUT2D eigenvalue weighted by atomic mass is 10.1. The summed E-state index contributed by atoms with van der Waals surface area (Å²) in [5.74, 6) is -1.84.